The van der Waals surface area contributed by atoms with Crippen molar-refractivity contribution in [3.05, 3.63) is 29.8 Å². The molecule has 25 heavy (non-hydrogen) atoms. The minimum Gasteiger partial charge on any atom is -0.497 e. The van der Waals surface area contributed by atoms with Crippen molar-refractivity contribution in [2.75, 3.05) is 20.7 Å². The van der Waals surface area contributed by atoms with E-state index in [-0.39, 0.29) is 18.2 Å². The maximum absolute atomic E-state index is 12.6. The number of carboxylic acids is 1. The van der Waals surface area contributed by atoms with E-state index in [2.05, 4.69) is 0 Å². The molecule has 1 N–H and O–H groups in total. The first-order valence-corrected chi connectivity index (χ1v) is 8.08. The number of hydrogen-bond donors (Lipinski definition) is 1. The summed E-state index contributed by atoms with van der Waals surface area (Å²) in [5, 5.41) is 9.26. The standard InChI is InChI=1S/C18H24N2O5/c1-18(2,17(23)24)19(3)16(22)13-9-15(21)20(11-13)10-12-5-7-14(25-4)8-6-12/h5-8,13H,9-11H2,1-4H3,(H,23,24). The van der Waals surface area contributed by atoms with Crippen molar-refractivity contribution in [2.24, 2.45) is 5.92 Å². The Bertz CT molecular complexity index is 669. The van der Waals surface area contributed by atoms with E-state index in [9.17, 15) is 19.5 Å². The van der Waals surface area contributed by atoms with Crippen LogP contribution >= 0.6 is 0 Å². The second-order valence-electron chi connectivity index (χ2n) is 6.78. The Morgan fingerprint density at radius 1 is 1.32 bits per heavy atom. The van der Waals surface area contributed by atoms with Gasteiger partial charge in [-0.3, -0.25) is 9.59 Å². The lowest BCUT2D eigenvalue weighted by Crippen LogP contribution is -2.52. The van der Waals surface area contributed by atoms with Crippen LogP contribution in [0, 0.1) is 5.92 Å². The van der Waals surface area contributed by atoms with Crippen molar-refractivity contribution in [3.63, 3.8) is 0 Å². The lowest BCUT2D eigenvalue weighted by Gasteiger charge is -2.33. The second-order valence-corrected chi connectivity index (χ2v) is 6.78. The van der Waals surface area contributed by atoms with E-state index >= 15 is 0 Å². The summed E-state index contributed by atoms with van der Waals surface area (Å²) in [5.41, 5.74) is -0.370. The Labute approximate surface area is 147 Å². The normalized spacial score (nSPS) is 17.5. The zero-order chi connectivity index (χ0) is 18.8. The van der Waals surface area contributed by atoms with Gasteiger partial charge in [-0.1, -0.05) is 12.1 Å². The number of carbonyl (C=O) groups is 3. The average Bonchev–Trinajstić information content (AvgIpc) is 2.94. The van der Waals surface area contributed by atoms with Crippen molar-refractivity contribution < 1.29 is 24.2 Å². The fraction of sp³-hybridized carbons (Fsp3) is 0.500. The number of likely N-dealkylation sites (N-methyl/N-ethyl adjacent to an activating group) is 1. The van der Waals surface area contributed by atoms with Crippen LogP contribution in [0.15, 0.2) is 24.3 Å². The summed E-state index contributed by atoms with van der Waals surface area (Å²) in [6.07, 6.45) is 0.106. The number of amides is 2. The van der Waals surface area contributed by atoms with Crippen molar-refractivity contribution in [2.45, 2.75) is 32.4 Å². The minimum atomic E-state index is -1.32. The van der Waals surface area contributed by atoms with Crippen LogP contribution in [0.1, 0.15) is 25.8 Å². The number of rotatable bonds is 6. The monoisotopic (exact) mass is 348 g/mol. The fourth-order valence-corrected chi connectivity index (χ4v) is 2.73. The molecule has 1 heterocycles. The van der Waals surface area contributed by atoms with E-state index in [1.807, 2.05) is 24.3 Å². The molecule has 0 aromatic heterocycles. The smallest absolute Gasteiger partial charge is 0.329 e. The molecule has 1 aliphatic heterocycles. The molecule has 2 rings (SSSR count). The SMILES string of the molecule is COc1ccc(CN2CC(C(=O)N(C)C(C)(C)C(=O)O)CC2=O)cc1. The van der Waals surface area contributed by atoms with Crippen molar-refractivity contribution in [3.8, 4) is 5.75 Å². The van der Waals surface area contributed by atoms with Gasteiger partial charge in [0, 0.05) is 26.6 Å². The summed E-state index contributed by atoms with van der Waals surface area (Å²) in [6, 6.07) is 7.39. The number of methoxy groups -OCH3 is 1. The lowest BCUT2D eigenvalue weighted by molar-refractivity contribution is -0.156. The van der Waals surface area contributed by atoms with Gasteiger partial charge in [-0.2, -0.15) is 0 Å². The Morgan fingerprint density at radius 3 is 2.44 bits per heavy atom. The highest BCUT2D eigenvalue weighted by molar-refractivity contribution is 5.92. The molecule has 0 saturated carbocycles. The van der Waals surface area contributed by atoms with Gasteiger partial charge < -0.3 is 19.6 Å². The number of benzene rings is 1. The van der Waals surface area contributed by atoms with E-state index in [4.69, 9.17) is 4.74 Å². The van der Waals surface area contributed by atoms with Gasteiger partial charge in [0.2, 0.25) is 11.8 Å². The molecule has 1 atom stereocenters. The van der Waals surface area contributed by atoms with Gasteiger partial charge in [-0.05, 0) is 31.5 Å². The van der Waals surface area contributed by atoms with Gasteiger partial charge in [0.05, 0.1) is 13.0 Å². The largest absolute Gasteiger partial charge is 0.497 e. The molecule has 2 amide bonds. The maximum atomic E-state index is 12.6. The molecule has 1 unspecified atom stereocenters. The first-order valence-electron chi connectivity index (χ1n) is 8.08. The predicted octanol–water partition coefficient (Wildman–Crippen LogP) is 1.37. The number of aliphatic carboxylic acids is 1. The van der Waals surface area contributed by atoms with Crippen LogP contribution in [0.3, 0.4) is 0 Å². The molecule has 7 heteroatoms. The van der Waals surface area contributed by atoms with Gasteiger partial charge in [0.1, 0.15) is 11.3 Å². The second kappa shape index (κ2) is 7.13. The maximum Gasteiger partial charge on any atom is 0.329 e. The van der Waals surface area contributed by atoms with E-state index in [1.54, 1.807) is 12.0 Å². The lowest BCUT2D eigenvalue weighted by atomic mass is 10.00. The molecule has 7 nitrogen and oxygen atoms in total. The van der Waals surface area contributed by atoms with Crippen molar-refractivity contribution in [1.82, 2.24) is 9.80 Å². The van der Waals surface area contributed by atoms with Gasteiger partial charge >= 0.3 is 5.97 Å². The Kier molecular flexibility index (Phi) is 5.35. The molecule has 1 fully saturated rings. The predicted molar refractivity (Wildman–Crippen MR) is 91.0 cm³/mol. The van der Waals surface area contributed by atoms with Gasteiger partial charge in [0.25, 0.3) is 0 Å². The zero-order valence-corrected chi connectivity index (χ0v) is 15.0. The fourth-order valence-electron chi connectivity index (χ4n) is 2.73. The van der Waals surface area contributed by atoms with E-state index in [1.165, 1.54) is 25.8 Å². The summed E-state index contributed by atoms with van der Waals surface area (Å²) in [5.74, 6) is -1.28. The van der Waals surface area contributed by atoms with Crippen LogP contribution in [0.25, 0.3) is 0 Å². The molecule has 0 spiro atoms. The van der Waals surface area contributed by atoms with Gasteiger partial charge in [-0.25, -0.2) is 4.79 Å². The topological polar surface area (TPSA) is 87.2 Å². The molecule has 136 valence electrons. The number of nitrogens with zero attached hydrogens (tertiary/aromatic N) is 2. The van der Waals surface area contributed by atoms with Crippen LogP contribution in [-0.4, -0.2) is 58.9 Å². The zero-order valence-electron chi connectivity index (χ0n) is 15.0. The number of likely N-dealkylation sites (tertiary alicyclic amines) is 1. The Balaban J connectivity index is 2.03. The Hall–Kier alpha value is -2.57. The Morgan fingerprint density at radius 2 is 1.92 bits per heavy atom. The van der Waals surface area contributed by atoms with Crippen LogP contribution < -0.4 is 4.74 Å². The molecule has 1 aliphatic rings. The number of carboxylic acid groups (broad SMARTS) is 1. The van der Waals surface area contributed by atoms with Crippen LogP contribution in [-0.2, 0) is 20.9 Å². The van der Waals surface area contributed by atoms with Crippen LogP contribution in [0.5, 0.6) is 5.75 Å². The first kappa shape index (κ1) is 18.8. The molecule has 1 aromatic carbocycles. The molecule has 0 bridgehead atoms. The number of carbonyl (C=O) groups excluding carboxylic acids is 2. The summed E-state index contributed by atoms with van der Waals surface area (Å²) in [4.78, 5) is 39.0. The number of hydrogen-bond acceptors (Lipinski definition) is 4. The van der Waals surface area contributed by atoms with E-state index in [0.29, 0.717) is 13.1 Å². The number of ether oxygens (including phenoxy) is 1. The van der Waals surface area contributed by atoms with Gasteiger partial charge in [-0.15, -0.1) is 0 Å². The molecule has 0 radical (unpaired) electrons. The first-order chi connectivity index (χ1) is 11.7. The third-order valence-electron chi connectivity index (χ3n) is 4.79. The highest BCUT2D eigenvalue weighted by Crippen LogP contribution is 2.25. The summed E-state index contributed by atoms with van der Waals surface area (Å²) in [7, 11) is 3.05. The molecule has 1 aromatic rings. The van der Waals surface area contributed by atoms with Crippen LogP contribution in [0.4, 0.5) is 0 Å². The third kappa shape index (κ3) is 3.92. The summed E-state index contributed by atoms with van der Waals surface area (Å²) < 4.78 is 5.11. The van der Waals surface area contributed by atoms with Gasteiger partial charge in [0.15, 0.2) is 0 Å². The molecule has 1 saturated heterocycles. The quantitative estimate of drug-likeness (QED) is 0.839. The van der Waals surface area contributed by atoms with Crippen molar-refractivity contribution >= 4 is 17.8 Å². The minimum absolute atomic E-state index is 0.101. The van der Waals surface area contributed by atoms with E-state index < -0.39 is 17.4 Å². The summed E-state index contributed by atoms with van der Waals surface area (Å²) >= 11 is 0. The summed E-state index contributed by atoms with van der Waals surface area (Å²) in [6.45, 7) is 3.65. The highest BCUT2D eigenvalue weighted by Gasteiger charge is 2.41. The van der Waals surface area contributed by atoms with Crippen molar-refractivity contribution in [1.29, 1.82) is 0 Å². The van der Waals surface area contributed by atoms with E-state index in [0.717, 1.165) is 11.3 Å². The molecule has 0 aliphatic carbocycles. The van der Waals surface area contributed by atoms with Crippen LogP contribution in [0.2, 0.25) is 0 Å². The molecular formula is C18H24N2O5. The third-order valence-corrected chi connectivity index (χ3v) is 4.79. The highest BCUT2D eigenvalue weighted by atomic mass is 16.5. The molecular weight excluding hydrogens is 324 g/mol. The average molecular weight is 348 g/mol.